The average molecular weight is 254 g/mol. The summed E-state index contributed by atoms with van der Waals surface area (Å²) in [7, 11) is 0. The third kappa shape index (κ3) is 3.96. The lowest BCUT2D eigenvalue weighted by molar-refractivity contribution is -0.135. The molecular weight excluding hydrogens is 240 g/mol. The van der Waals surface area contributed by atoms with E-state index in [-0.39, 0.29) is 6.54 Å². The van der Waals surface area contributed by atoms with Gasteiger partial charge in [-0.2, -0.15) is 5.10 Å². The second-order valence-electron chi connectivity index (χ2n) is 3.94. The van der Waals surface area contributed by atoms with Gasteiger partial charge in [0.2, 0.25) is 0 Å². The first-order valence-corrected chi connectivity index (χ1v) is 5.89. The highest BCUT2D eigenvalue weighted by atomic mass is 16.4. The molecule has 1 N–H and O–H groups in total. The second kappa shape index (κ2) is 6.35. The number of carbonyl (C=O) groups is 1. The van der Waals surface area contributed by atoms with Gasteiger partial charge in [0.25, 0.3) is 0 Å². The summed E-state index contributed by atoms with van der Waals surface area (Å²) in [5.41, 5.74) is 1.67. The second-order valence-corrected chi connectivity index (χ2v) is 3.94. The van der Waals surface area contributed by atoms with Crippen LogP contribution in [-0.2, 0) is 4.79 Å². The topological polar surface area (TPSA) is 52.9 Å². The number of rotatable bonds is 5. The van der Waals surface area contributed by atoms with E-state index in [9.17, 15) is 4.79 Å². The largest absolute Gasteiger partial charge is 0.480 e. The van der Waals surface area contributed by atoms with Crippen molar-refractivity contribution in [3.63, 3.8) is 0 Å². The Bertz CT molecular complexity index is 553. The third-order valence-electron chi connectivity index (χ3n) is 2.49. The number of hydrogen-bond acceptors (Lipinski definition) is 3. The van der Waals surface area contributed by atoms with Crippen LogP contribution in [0.25, 0.3) is 0 Å². The molecule has 19 heavy (non-hydrogen) atoms. The molecule has 0 atom stereocenters. The number of benzene rings is 2. The summed E-state index contributed by atoms with van der Waals surface area (Å²) in [6.45, 7) is -0.173. The van der Waals surface area contributed by atoms with Gasteiger partial charge in [0.15, 0.2) is 0 Å². The van der Waals surface area contributed by atoms with Crippen molar-refractivity contribution in [2.75, 3.05) is 11.6 Å². The van der Waals surface area contributed by atoms with Crippen LogP contribution in [-0.4, -0.2) is 23.8 Å². The fourth-order valence-electron chi connectivity index (χ4n) is 1.60. The van der Waals surface area contributed by atoms with E-state index in [1.165, 1.54) is 5.01 Å². The van der Waals surface area contributed by atoms with E-state index in [0.29, 0.717) is 0 Å². The van der Waals surface area contributed by atoms with E-state index in [1.807, 2.05) is 60.7 Å². The molecule has 0 aliphatic heterocycles. The van der Waals surface area contributed by atoms with Crippen LogP contribution in [0, 0.1) is 0 Å². The Kier molecular flexibility index (Phi) is 4.29. The van der Waals surface area contributed by atoms with Gasteiger partial charge in [-0.1, -0.05) is 48.5 Å². The number of carboxylic acids is 1. The molecule has 4 heteroatoms. The van der Waals surface area contributed by atoms with Gasteiger partial charge >= 0.3 is 5.97 Å². The predicted molar refractivity (Wildman–Crippen MR) is 75.5 cm³/mol. The lowest BCUT2D eigenvalue weighted by atomic mass is 10.2. The Labute approximate surface area is 111 Å². The van der Waals surface area contributed by atoms with Gasteiger partial charge in [0, 0.05) is 0 Å². The molecule has 0 spiro atoms. The maximum Gasteiger partial charge on any atom is 0.325 e. The van der Waals surface area contributed by atoms with Crippen LogP contribution in [0.2, 0.25) is 0 Å². The molecule has 0 heterocycles. The zero-order valence-corrected chi connectivity index (χ0v) is 10.3. The van der Waals surface area contributed by atoms with Crippen molar-refractivity contribution >= 4 is 17.9 Å². The number of para-hydroxylation sites is 1. The Morgan fingerprint density at radius 3 is 2.21 bits per heavy atom. The van der Waals surface area contributed by atoms with Crippen LogP contribution in [0.3, 0.4) is 0 Å². The number of nitrogens with zero attached hydrogens (tertiary/aromatic N) is 2. The standard InChI is InChI=1S/C15H14N2O2/c18-15(19)12-17(14-9-5-2-6-10-14)16-11-13-7-3-1-4-8-13/h1-11H,12H2,(H,18,19)/b16-11+. The molecule has 96 valence electrons. The summed E-state index contributed by atoms with van der Waals surface area (Å²) < 4.78 is 0. The van der Waals surface area contributed by atoms with Gasteiger partial charge in [-0.25, -0.2) is 0 Å². The molecule has 0 radical (unpaired) electrons. The highest BCUT2D eigenvalue weighted by molar-refractivity contribution is 5.81. The SMILES string of the molecule is O=C(O)CN(/N=C/c1ccccc1)c1ccccc1. The number of hydrazone groups is 1. The highest BCUT2D eigenvalue weighted by Crippen LogP contribution is 2.13. The molecule has 0 aromatic heterocycles. The molecule has 0 unspecified atom stereocenters. The van der Waals surface area contributed by atoms with Gasteiger partial charge < -0.3 is 5.11 Å². The number of anilines is 1. The quantitative estimate of drug-likeness (QED) is 0.659. The van der Waals surface area contributed by atoms with Crippen LogP contribution < -0.4 is 5.01 Å². The molecule has 2 rings (SSSR count). The van der Waals surface area contributed by atoms with Crippen LogP contribution >= 0.6 is 0 Å². The Hall–Kier alpha value is -2.62. The van der Waals surface area contributed by atoms with E-state index < -0.39 is 5.97 Å². The molecule has 0 saturated heterocycles. The maximum absolute atomic E-state index is 10.9. The molecule has 4 nitrogen and oxygen atoms in total. The fourth-order valence-corrected chi connectivity index (χ4v) is 1.60. The molecule has 0 aliphatic rings. The summed E-state index contributed by atoms with van der Waals surface area (Å²) in [4.78, 5) is 10.9. The predicted octanol–water partition coefficient (Wildman–Crippen LogP) is 2.61. The molecular formula is C15H14N2O2. The van der Waals surface area contributed by atoms with Crippen molar-refractivity contribution in [2.45, 2.75) is 0 Å². The van der Waals surface area contributed by atoms with E-state index in [1.54, 1.807) is 6.21 Å². The van der Waals surface area contributed by atoms with Crippen LogP contribution in [0.5, 0.6) is 0 Å². The Morgan fingerprint density at radius 2 is 1.63 bits per heavy atom. The van der Waals surface area contributed by atoms with Crippen molar-refractivity contribution in [1.29, 1.82) is 0 Å². The highest BCUT2D eigenvalue weighted by Gasteiger charge is 2.08. The van der Waals surface area contributed by atoms with Gasteiger partial charge in [-0.05, 0) is 17.7 Å². The van der Waals surface area contributed by atoms with Crippen LogP contribution in [0.4, 0.5) is 5.69 Å². The summed E-state index contributed by atoms with van der Waals surface area (Å²) >= 11 is 0. The van der Waals surface area contributed by atoms with Crippen molar-refractivity contribution in [1.82, 2.24) is 0 Å². The first-order chi connectivity index (χ1) is 9.25. The van der Waals surface area contributed by atoms with Crippen molar-refractivity contribution in [2.24, 2.45) is 5.10 Å². The van der Waals surface area contributed by atoms with Crippen LogP contribution in [0.1, 0.15) is 5.56 Å². The van der Waals surface area contributed by atoms with Crippen LogP contribution in [0.15, 0.2) is 65.8 Å². The molecule has 2 aromatic carbocycles. The monoisotopic (exact) mass is 254 g/mol. The first kappa shape index (κ1) is 12.8. The smallest absolute Gasteiger partial charge is 0.325 e. The minimum atomic E-state index is -0.922. The zero-order chi connectivity index (χ0) is 13.5. The Balaban J connectivity index is 2.19. The van der Waals surface area contributed by atoms with E-state index in [4.69, 9.17) is 5.11 Å². The van der Waals surface area contributed by atoms with Crippen molar-refractivity contribution in [3.05, 3.63) is 66.2 Å². The van der Waals surface area contributed by atoms with E-state index in [0.717, 1.165) is 11.3 Å². The number of hydrogen-bond donors (Lipinski definition) is 1. The average Bonchev–Trinajstić information content (AvgIpc) is 2.45. The summed E-state index contributed by atoms with van der Waals surface area (Å²) in [6, 6.07) is 18.8. The third-order valence-corrected chi connectivity index (χ3v) is 2.49. The zero-order valence-electron chi connectivity index (χ0n) is 10.3. The minimum Gasteiger partial charge on any atom is -0.480 e. The van der Waals surface area contributed by atoms with Crippen molar-refractivity contribution < 1.29 is 9.90 Å². The maximum atomic E-state index is 10.9. The van der Waals surface area contributed by atoms with Crippen molar-refractivity contribution in [3.8, 4) is 0 Å². The van der Waals surface area contributed by atoms with Gasteiger partial charge in [0.05, 0.1) is 11.9 Å². The lowest BCUT2D eigenvalue weighted by Crippen LogP contribution is -2.24. The van der Waals surface area contributed by atoms with E-state index in [2.05, 4.69) is 5.10 Å². The lowest BCUT2D eigenvalue weighted by Gasteiger charge is -2.16. The molecule has 0 aliphatic carbocycles. The van der Waals surface area contributed by atoms with Gasteiger partial charge in [-0.15, -0.1) is 0 Å². The Morgan fingerprint density at radius 1 is 1.05 bits per heavy atom. The summed E-state index contributed by atoms with van der Waals surface area (Å²) in [5.74, 6) is -0.922. The molecule has 0 saturated carbocycles. The van der Waals surface area contributed by atoms with Gasteiger partial charge in [-0.3, -0.25) is 9.80 Å². The first-order valence-electron chi connectivity index (χ1n) is 5.89. The fraction of sp³-hybridized carbons (Fsp3) is 0.0667. The molecule has 0 fully saturated rings. The number of aliphatic carboxylic acids is 1. The molecule has 0 amide bonds. The summed E-state index contributed by atoms with van der Waals surface area (Å²) in [6.07, 6.45) is 1.65. The molecule has 2 aromatic rings. The molecule has 0 bridgehead atoms. The summed E-state index contributed by atoms with van der Waals surface area (Å²) in [5, 5.41) is 14.6. The minimum absolute atomic E-state index is 0.173. The number of carboxylic acid groups (broad SMARTS) is 1. The van der Waals surface area contributed by atoms with Gasteiger partial charge in [0.1, 0.15) is 6.54 Å². The van der Waals surface area contributed by atoms with E-state index >= 15 is 0 Å². The normalized spacial score (nSPS) is 10.5.